The molecule has 0 aliphatic carbocycles. The molecule has 0 N–H and O–H groups in total. The summed E-state index contributed by atoms with van der Waals surface area (Å²) < 4.78 is 0. The van der Waals surface area contributed by atoms with Crippen molar-refractivity contribution in [1.82, 2.24) is 0 Å². The number of nitro benzene ring substituents is 1. The second kappa shape index (κ2) is 4.11. The lowest BCUT2D eigenvalue weighted by molar-refractivity contribution is -0.385. The van der Waals surface area contributed by atoms with Gasteiger partial charge >= 0.3 is 0 Å². The molecule has 14 heavy (non-hydrogen) atoms. The monoisotopic (exact) mass is 273 g/mol. The van der Waals surface area contributed by atoms with Crippen LogP contribution in [0.3, 0.4) is 0 Å². The van der Waals surface area contributed by atoms with Crippen molar-refractivity contribution in [2.45, 2.75) is 6.92 Å². The van der Waals surface area contributed by atoms with Gasteiger partial charge in [-0.25, -0.2) is 0 Å². The highest BCUT2D eigenvalue weighted by Crippen LogP contribution is 2.44. The van der Waals surface area contributed by atoms with E-state index in [2.05, 4.69) is 0 Å². The average molecular weight is 275 g/mol. The van der Waals surface area contributed by atoms with Crippen molar-refractivity contribution in [3.8, 4) is 0 Å². The minimum absolute atomic E-state index is 0.0291. The van der Waals surface area contributed by atoms with Crippen molar-refractivity contribution >= 4 is 52.1 Å². The van der Waals surface area contributed by atoms with E-state index >= 15 is 0 Å². The minimum Gasteiger partial charge on any atom is -0.258 e. The van der Waals surface area contributed by atoms with Gasteiger partial charge in [0.25, 0.3) is 5.69 Å². The van der Waals surface area contributed by atoms with Gasteiger partial charge in [0.05, 0.1) is 20.0 Å². The van der Waals surface area contributed by atoms with Crippen LogP contribution in [0.4, 0.5) is 5.69 Å². The first-order valence-corrected chi connectivity index (χ1v) is 4.86. The summed E-state index contributed by atoms with van der Waals surface area (Å²) in [5.74, 6) is 0. The van der Waals surface area contributed by atoms with Gasteiger partial charge in [-0.05, 0) is 6.92 Å². The van der Waals surface area contributed by atoms with Gasteiger partial charge in [-0.1, -0.05) is 46.4 Å². The third-order valence-corrected chi connectivity index (χ3v) is 3.54. The van der Waals surface area contributed by atoms with Crippen LogP contribution in [0.15, 0.2) is 0 Å². The minimum atomic E-state index is -0.647. The van der Waals surface area contributed by atoms with Crippen LogP contribution >= 0.6 is 46.4 Å². The van der Waals surface area contributed by atoms with Crippen LogP contribution in [-0.4, -0.2) is 4.92 Å². The molecule has 0 aliphatic rings. The summed E-state index contributed by atoms with van der Waals surface area (Å²) in [5.41, 5.74) is -0.109. The molecule has 0 saturated heterocycles. The van der Waals surface area contributed by atoms with E-state index in [1.807, 2.05) is 0 Å². The Morgan fingerprint density at radius 1 is 1.00 bits per heavy atom. The summed E-state index contributed by atoms with van der Waals surface area (Å²) in [6.45, 7) is 1.45. The van der Waals surface area contributed by atoms with E-state index in [0.717, 1.165) is 0 Å². The number of halogens is 4. The molecule has 0 radical (unpaired) electrons. The van der Waals surface area contributed by atoms with Crippen molar-refractivity contribution in [3.63, 3.8) is 0 Å². The second-order valence-corrected chi connectivity index (χ2v) is 4.00. The third kappa shape index (κ3) is 1.77. The smallest absolute Gasteiger partial charge is 0.258 e. The summed E-state index contributed by atoms with van der Waals surface area (Å²) in [6, 6.07) is 0. The van der Waals surface area contributed by atoms with E-state index in [4.69, 9.17) is 46.4 Å². The van der Waals surface area contributed by atoms with Crippen LogP contribution in [0.5, 0.6) is 0 Å². The number of rotatable bonds is 1. The summed E-state index contributed by atoms with van der Waals surface area (Å²) >= 11 is 22.7. The van der Waals surface area contributed by atoms with E-state index in [1.54, 1.807) is 0 Å². The van der Waals surface area contributed by atoms with Crippen molar-refractivity contribution in [3.05, 3.63) is 35.8 Å². The summed E-state index contributed by atoms with van der Waals surface area (Å²) in [4.78, 5) is 9.97. The Balaban J connectivity index is 3.68. The largest absolute Gasteiger partial charge is 0.293 e. The summed E-state index contributed by atoms with van der Waals surface area (Å²) in [7, 11) is 0. The standard InChI is InChI=1S/C7H3Cl4NO2/c1-2-3(8)4(9)5(10)6(11)7(2)12(13)14/h1H3. The van der Waals surface area contributed by atoms with Crippen LogP contribution in [0.1, 0.15) is 5.56 Å². The number of nitrogens with zero attached hydrogens (tertiary/aromatic N) is 1. The zero-order chi connectivity index (χ0) is 11.0. The van der Waals surface area contributed by atoms with E-state index in [1.165, 1.54) is 6.92 Å². The maximum Gasteiger partial charge on any atom is 0.293 e. The van der Waals surface area contributed by atoms with Crippen LogP contribution < -0.4 is 0 Å². The van der Waals surface area contributed by atoms with Crippen molar-refractivity contribution in [1.29, 1.82) is 0 Å². The van der Waals surface area contributed by atoms with Gasteiger partial charge < -0.3 is 0 Å². The average Bonchev–Trinajstić information content (AvgIpc) is 2.11. The Morgan fingerprint density at radius 2 is 1.43 bits per heavy atom. The summed E-state index contributed by atoms with van der Waals surface area (Å²) in [6.07, 6.45) is 0. The van der Waals surface area contributed by atoms with Crippen molar-refractivity contribution in [2.24, 2.45) is 0 Å². The molecular weight excluding hydrogens is 272 g/mol. The van der Waals surface area contributed by atoms with Crippen LogP contribution in [0, 0.1) is 17.0 Å². The first kappa shape index (κ1) is 11.9. The fourth-order valence-corrected chi connectivity index (χ4v) is 1.95. The van der Waals surface area contributed by atoms with Crippen LogP contribution in [-0.2, 0) is 0 Å². The number of benzene rings is 1. The third-order valence-electron chi connectivity index (χ3n) is 1.65. The van der Waals surface area contributed by atoms with Crippen LogP contribution in [0.2, 0.25) is 20.1 Å². The molecule has 0 heterocycles. The SMILES string of the molecule is Cc1c(Cl)c(Cl)c(Cl)c(Cl)c1[N+](=O)[O-]. The molecule has 0 fully saturated rings. The molecule has 3 nitrogen and oxygen atoms in total. The molecule has 0 spiro atoms. The first-order chi connectivity index (χ1) is 6.37. The fourth-order valence-electron chi connectivity index (χ4n) is 0.947. The quantitative estimate of drug-likeness (QED) is 0.327. The Labute approximate surface area is 99.7 Å². The number of nitro groups is 1. The van der Waals surface area contributed by atoms with Gasteiger partial charge in [-0.2, -0.15) is 0 Å². The van der Waals surface area contributed by atoms with E-state index in [0.29, 0.717) is 0 Å². The maximum absolute atomic E-state index is 10.6. The van der Waals surface area contributed by atoms with Gasteiger partial charge in [0.2, 0.25) is 0 Å². The van der Waals surface area contributed by atoms with E-state index < -0.39 is 4.92 Å². The molecule has 1 aromatic carbocycles. The Hall–Kier alpha value is -0.220. The molecule has 76 valence electrons. The Morgan fingerprint density at radius 3 is 1.86 bits per heavy atom. The van der Waals surface area contributed by atoms with E-state index in [9.17, 15) is 10.1 Å². The predicted molar refractivity (Wildman–Crippen MR) is 57.9 cm³/mol. The first-order valence-electron chi connectivity index (χ1n) is 3.34. The molecule has 7 heteroatoms. The lowest BCUT2D eigenvalue weighted by atomic mass is 10.2. The fraction of sp³-hybridized carbons (Fsp3) is 0.143. The molecule has 1 aromatic rings. The Bertz CT molecular complexity index is 390. The molecule has 0 atom stereocenters. The second-order valence-electron chi connectivity index (χ2n) is 2.49. The predicted octanol–water partition coefficient (Wildman–Crippen LogP) is 4.52. The molecule has 0 amide bonds. The lowest BCUT2D eigenvalue weighted by Gasteiger charge is -2.06. The maximum atomic E-state index is 10.6. The van der Waals surface area contributed by atoms with Gasteiger partial charge in [0.15, 0.2) is 0 Å². The van der Waals surface area contributed by atoms with Gasteiger partial charge in [-0.3, -0.25) is 10.1 Å². The van der Waals surface area contributed by atoms with Crippen molar-refractivity contribution < 1.29 is 4.92 Å². The van der Waals surface area contributed by atoms with E-state index in [-0.39, 0.29) is 31.3 Å². The highest BCUT2D eigenvalue weighted by molar-refractivity contribution is 6.52. The molecule has 0 aliphatic heterocycles. The highest BCUT2D eigenvalue weighted by Gasteiger charge is 2.25. The van der Waals surface area contributed by atoms with Gasteiger partial charge in [0, 0.05) is 5.56 Å². The Kier molecular flexibility index (Phi) is 3.48. The molecular formula is C7H3Cl4NO2. The lowest BCUT2D eigenvalue weighted by Crippen LogP contribution is -1.95. The van der Waals surface area contributed by atoms with Crippen molar-refractivity contribution in [2.75, 3.05) is 0 Å². The van der Waals surface area contributed by atoms with Crippen LogP contribution in [0.25, 0.3) is 0 Å². The van der Waals surface area contributed by atoms with Gasteiger partial charge in [0.1, 0.15) is 5.02 Å². The number of hydrogen-bond donors (Lipinski definition) is 0. The molecule has 1 rings (SSSR count). The normalized spacial score (nSPS) is 10.4. The molecule has 0 bridgehead atoms. The zero-order valence-electron chi connectivity index (χ0n) is 6.78. The molecule has 0 aromatic heterocycles. The number of hydrogen-bond acceptors (Lipinski definition) is 2. The zero-order valence-corrected chi connectivity index (χ0v) is 9.80. The topological polar surface area (TPSA) is 43.1 Å². The molecule has 0 unspecified atom stereocenters. The highest BCUT2D eigenvalue weighted by atomic mass is 35.5. The summed E-state index contributed by atoms with van der Waals surface area (Å²) in [5, 5.41) is 10.4. The molecule has 0 saturated carbocycles. The van der Waals surface area contributed by atoms with Gasteiger partial charge in [-0.15, -0.1) is 0 Å².